The zero-order valence-electron chi connectivity index (χ0n) is 11.7. The first-order chi connectivity index (χ1) is 9.58. The summed E-state index contributed by atoms with van der Waals surface area (Å²) in [7, 11) is 0. The molecule has 0 amide bonds. The fourth-order valence-electron chi connectivity index (χ4n) is 2.71. The van der Waals surface area contributed by atoms with E-state index in [-0.39, 0.29) is 0 Å². The lowest BCUT2D eigenvalue weighted by atomic mass is 9.98. The molecule has 1 saturated carbocycles. The molecule has 1 aliphatic carbocycles. The van der Waals surface area contributed by atoms with Gasteiger partial charge in [0.05, 0.1) is 5.54 Å². The van der Waals surface area contributed by atoms with Crippen LogP contribution in [0.15, 0.2) is 28.8 Å². The molecule has 0 saturated heterocycles. The fraction of sp³-hybridized carbons (Fsp3) is 0.467. The van der Waals surface area contributed by atoms with E-state index < -0.39 is 11.6 Å². The van der Waals surface area contributed by atoms with E-state index in [1.165, 1.54) is 5.56 Å². The smallest absolute Gasteiger partial charge is 0.248 e. The Kier molecular flexibility index (Phi) is 3.31. The summed E-state index contributed by atoms with van der Waals surface area (Å²) in [5, 5.41) is 4.04. The number of hydrogen-bond donors (Lipinski definition) is 2. The van der Waals surface area contributed by atoms with E-state index in [0.29, 0.717) is 11.7 Å². The molecule has 0 aliphatic heterocycles. The summed E-state index contributed by atoms with van der Waals surface area (Å²) >= 11 is 0. The van der Waals surface area contributed by atoms with Gasteiger partial charge in [-0.1, -0.05) is 47.8 Å². The summed E-state index contributed by atoms with van der Waals surface area (Å²) in [6.07, 6.45) is 4.05. The Balaban J connectivity index is 1.84. The van der Waals surface area contributed by atoms with Crippen molar-refractivity contribution in [2.24, 2.45) is 11.5 Å². The first-order valence-electron chi connectivity index (χ1n) is 7.04. The molecular formula is C15H20N4O. The third kappa shape index (κ3) is 2.34. The molecule has 20 heavy (non-hydrogen) atoms. The summed E-state index contributed by atoms with van der Waals surface area (Å²) in [4.78, 5) is 4.43. The van der Waals surface area contributed by atoms with Crippen molar-refractivity contribution in [1.29, 1.82) is 0 Å². The van der Waals surface area contributed by atoms with Crippen LogP contribution in [0.2, 0.25) is 0 Å². The third-order valence-electron chi connectivity index (χ3n) is 4.09. The lowest BCUT2D eigenvalue weighted by molar-refractivity contribution is 0.342. The minimum Gasteiger partial charge on any atom is -0.337 e. The summed E-state index contributed by atoms with van der Waals surface area (Å²) < 4.78 is 5.32. The predicted molar refractivity (Wildman–Crippen MR) is 75.8 cm³/mol. The van der Waals surface area contributed by atoms with Gasteiger partial charge in [-0.05, 0) is 25.3 Å². The first kappa shape index (κ1) is 13.3. The van der Waals surface area contributed by atoms with Crippen LogP contribution in [0, 0.1) is 6.92 Å². The molecular weight excluding hydrogens is 252 g/mol. The minimum absolute atomic E-state index is 0.401. The van der Waals surface area contributed by atoms with Crippen LogP contribution in [0.5, 0.6) is 0 Å². The minimum atomic E-state index is -0.436. The predicted octanol–water partition coefficient (Wildman–Crippen LogP) is 2.15. The molecule has 1 heterocycles. The van der Waals surface area contributed by atoms with Crippen molar-refractivity contribution in [3.05, 3.63) is 47.1 Å². The molecule has 4 N–H and O–H groups in total. The maximum atomic E-state index is 6.33. The third-order valence-corrected chi connectivity index (χ3v) is 4.09. The summed E-state index contributed by atoms with van der Waals surface area (Å²) in [5.74, 6) is 1.02. The molecule has 2 aromatic rings. The Hall–Kier alpha value is -1.72. The van der Waals surface area contributed by atoms with Gasteiger partial charge in [-0.15, -0.1) is 0 Å². The summed E-state index contributed by atoms with van der Waals surface area (Å²) in [6.45, 7) is 2.04. The van der Waals surface area contributed by atoms with E-state index in [2.05, 4.69) is 10.1 Å². The number of aryl methyl sites for hydroxylation is 1. The monoisotopic (exact) mass is 272 g/mol. The zero-order chi connectivity index (χ0) is 14.2. The topological polar surface area (TPSA) is 91.0 Å². The van der Waals surface area contributed by atoms with Crippen LogP contribution in [0.3, 0.4) is 0 Å². The lowest BCUT2D eigenvalue weighted by Crippen LogP contribution is -2.34. The number of hydrogen-bond acceptors (Lipinski definition) is 5. The molecule has 5 heteroatoms. The van der Waals surface area contributed by atoms with Crippen molar-refractivity contribution in [1.82, 2.24) is 10.1 Å². The molecule has 1 aromatic heterocycles. The van der Waals surface area contributed by atoms with Crippen LogP contribution in [-0.2, 0) is 5.54 Å². The highest BCUT2D eigenvalue weighted by Gasteiger charge is 2.36. The van der Waals surface area contributed by atoms with Crippen LogP contribution in [0.4, 0.5) is 0 Å². The van der Waals surface area contributed by atoms with Gasteiger partial charge in [0.1, 0.15) is 6.04 Å². The number of rotatable bonds is 3. The molecule has 5 nitrogen and oxygen atoms in total. The van der Waals surface area contributed by atoms with Gasteiger partial charge < -0.3 is 16.0 Å². The number of nitrogens with zero attached hydrogens (tertiary/aromatic N) is 2. The molecule has 0 radical (unpaired) electrons. The largest absolute Gasteiger partial charge is 0.337 e. The normalized spacial score (nSPS) is 19.1. The van der Waals surface area contributed by atoms with Crippen LogP contribution < -0.4 is 11.5 Å². The Morgan fingerprint density at radius 3 is 2.50 bits per heavy atom. The Labute approximate surface area is 118 Å². The van der Waals surface area contributed by atoms with Gasteiger partial charge in [0.2, 0.25) is 5.89 Å². The molecule has 106 valence electrons. The first-order valence-corrected chi connectivity index (χ1v) is 7.04. The lowest BCUT2D eigenvalue weighted by Gasteiger charge is -2.17. The standard InChI is InChI=1S/C15H20N4O/c1-10-4-6-11(7-5-10)12(16)13-18-14(19-20-13)15(17)8-2-3-9-15/h4-7,12H,2-3,8-9,16-17H2,1H3. The number of benzene rings is 1. The second kappa shape index (κ2) is 5.00. The van der Waals surface area contributed by atoms with Gasteiger partial charge in [0.25, 0.3) is 0 Å². The zero-order valence-corrected chi connectivity index (χ0v) is 11.7. The van der Waals surface area contributed by atoms with E-state index in [9.17, 15) is 0 Å². The van der Waals surface area contributed by atoms with Gasteiger partial charge in [-0.2, -0.15) is 4.98 Å². The van der Waals surface area contributed by atoms with Crippen molar-refractivity contribution in [2.45, 2.75) is 44.2 Å². The van der Waals surface area contributed by atoms with Crippen LogP contribution >= 0.6 is 0 Å². The van der Waals surface area contributed by atoms with E-state index in [0.717, 1.165) is 31.2 Å². The summed E-state index contributed by atoms with van der Waals surface area (Å²) in [6, 6.07) is 7.61. The number of aromatic nitrogens is 2. The van der Waals surface area contributed by atoms with E-state index in [1.807, 2.05) is 31.2 Å². The molecule has 1 atom stereocenters. The van der Waals surface area contributed by atoms with Crippen LogP contribution in [-0.4, -0.2) is 10.1 Å². The molecule has 1 aliphatic rings. The summed E-state index contributed by atoms with van der Waals surface area (Å²) in [5.41, 5.74) is 14.2. The van der Waals surface area contributed by atoms with Gasteiger partial charge in [0.15, 0.2) is 5.82 Å². The molecule has 0 bridgehead atoms. The van der Waals surface area contributed by atoms with E-state index >= 15 is 0 Å². The maximum Gasteiger partial charge on any atom is 0.248 e. The quantitative estimate of drug-likeness (QED) is 0.893. The van der Waals surface area contributed by atoms with Gasteiger partial charge in [0, 0.05) is 0 Å². The van der Waals surface area contributed by atoms with Crippen LogP contribution in [0.1, 0.15) is 54.6 Å². The van der Waals surface area contributed by atoms with Crippen molar-refractivity contribution in [2.75, 3.05) is 0 Å². The molecule has 1 fully saturated rings. The van der Waals surface area contributed by atoms with E-state index in [1.54, 1.807) is 0 Å². The molecule has 3 rings (SSSR count). The average Bonchev–Trinajstić information content (AvgIpc) is 3.08. The molecule has 1 aromatic carbocycles. The average molecular weight is 272 g/mol. The highest BCUT2D eigenvalue weighted by molar-refractivity contribution is 5.27. The second-order valence-electron chi connectivity index (χ2n) is 5.71. The van der Waals surface area contributed by atoms with E-state index in [4.69, 9.17) is 16.0 Å². The van der Waals surface area contributed by atoms with Crippen molar-refractivity contribution in [3.8, 4) is 0 Å². The Morgan fingerprint density at radius 2 is 1.85 bits per heavy atom. The van der Waals surface area contributed by atoms with Gasteiger partial charge in [-0.25, -0.2) is 0 Å². The number of nitrogens with two attached hydrogens (primary N) is 2. The Morgan fingerprint density at radius 1 is 1.20 bits per heavy atom. The highest BCUT2D eigenvalue weighted by atomic mass is 16.5. The molecule has 1 unspecified atom stereocenters. The maximum absolute atomic E-state index is 6.33. The van der Waals surface area contributed by atoms with Gasteiger partial charge >= 0.3 is 0 Å². The van der Waals surface area contributed by atoms with Gasteiger partial charge in [-0.3, -0.25) is 0 Å². The SMILES string of the molecule is Cc1ccc(C(N)c2nc(C3(N)CCCC3)no2)cc1. The molecule has 0 spiro atoms. The van der Waals surface area contributed by atoms with Crippen molar-refractivity contribution < 1.29 is 4.52 Å². The van der Waals surface area contributed by atoms with Crippen molar-refractivity contribution >= 4 is 0 Å². The Bertz CT molecular complexity index is 584. The second-order valence-corrected chi connectivity index (χ2v) is 5.71. The fourth-order valence-corrected chi connectivity index (χ4v) is 2.71. The van der Waals surface area contributed by atoms with Crippen molar-refractivity contribution in [3.63, 3.8) is 0 Å². The highest BCUT2D eigenvalue weighted by Crippen LogP contribution is 2.35. The van der Waals surface area contributed by atoms with Crippen LogP contribution in [0.25, 0.3) is 0 Å².